The van der Waals surface area contributed by atoms with E-state index in [9.17, 15) is 28.6 Å². The summed E-state index contributed by atoms with van der Waals surface area (Å²) in [5.74, 6) is -0.350. The second-order valence-corrected chi connectivity index (χ2v) is 6.70. The first-order chi connectivity index (χ1) is 10.7. The molecule has 23 heavy (non-hydrogen) atoms. The van der Waals surface area contributed by atoms with Gasteiger partial charge in [-0.15, -0.1) is 0 Å². The second kappa shape index (κ2) is 7.80. The van der Waals surface area contributed by atoms with Crippen LogP contribution < -0.4 is 5.32 Å². The van der Waals surface area contributed by atoms with Gasteiger partial charge in [-0.3, -0.25) is 20.2 Å². The van der Waals surface area contributed by atoms with Crippen LogP contribution in [0, 0.1) is 20.2 Å². The standard InChI is InChI=1S/C11H16N4O7S/c1-13(5-6-16)23(21,22)7-4-12-10-3-2-9(14(17)18)8-11(10)15(19)20/h2-3,8,12,16H,4-7H2,1H3. The Hall–Kier alpha value is -2.31. The Morgan fingerprint density at radius 2 is 1.91 bits per heavy atom. The first-order valence-corrected chi connectivity index (χ1v) is 8.01. The third-order valence-electron chi connectivity index (χ3n) is 2.95. The molecule has 0 spiro atoms. The zero-order valence-corrected chi connectivity index (χ0v) is 13.0. The summed E-state index contributed by atoms with van der Waals surface area (Å²) in [4.78, 5) is 20.0. The average molecular weight is 348 g/mol. The maximum atomic E-state index is 11.8. The van der Waals surface area contributed by atoms with Crippen LogP contribution in [-0.2, 0) is 10.0 Å². The Morgan fingerprint density at radius 1 is 1.26 bits per heavy atom. The lowest BCUT2D eigenvalue weighted by Crippen LogP contribution is -2.33. The number of aliphatic hydroxyl groups excluding tert-OH is 1. The smallest absolute Gasteiger partial charge is 0.299 e. The van der Waals surface area contributed by atoms with Crippen molar-refractivity contribution in [1.29, 1.82) is 0 Å². The number of benzene rings is 1. The molecule has 1 aromatic carbocycles. The molecule has 1 rings (SSSR count). The van der Waals surface area contributed by atoms with Gasteiger partial charge in [-0.25, -0.2) is 12.7 Å². The molecule has 0 unspecified atom stereocenters. The fourth-order valence-corrected chi connectivity index (χ4v) is 2.72. The van der Waals surface area contributed by atoms with Crippen molar-refractivity contribution in [2.75, 3.05) is 37.8 Å². The van der Waals surface area contributed by atoms with E-state index in [1.807, 2.05) is 0 Å². The van der Waals surface area contributed by atoms with Crippen molar-refractivity contribution >= 4 is 27.1 Å². The summed E-state index contributed by atoms with van der Waals surface area (Å²) in [7, 11) is -2.31. The summed E-state index contributed by atoms with van der Waals surface area (Å²) in [5.41, 5.74) is -0.960. The summed E-state index contributed by atoms with van der Waals surface area (Å²) < 4.78 is 24.6. The van der Waals surface area contributed by atoms with Gasteiger partial charge in [0.2, 0.25) is 10.0 Å². The van der Waals surface area contributed by atoms with Crippen LogP contribution in [0.4, 0.5) is 17.1 Å². The number of hydrogen-bond donors (Lipinski definition) is 2. The van der Waals surface area contributed by atoms with Gasteiger partial charge in [0.1, 0.15) is 5.69 Å². The molecule has 1 aromatic rings. The summed E-state index contributed by atoms with van der Waals surface area (Å²) in [6.07, 6.45) is 0. The van der Waals surface area contributed by atoms with Gasteiger partial charge >= 0.3 is 0 Å². The lowest BCUT2D eigenvalue weighted by Gasteiger charge is -2.16. The predicted octanol–water partition coefficient (Wildman–Crippen LogP) is 0.169. The highest BCUT2D eigenvalue weighted by Crippen LogP contribution is 2.28. The number of non-ortho nitro benzene ring substituents is 1. The van der Waals surface area contributed by atoms with Gasteiger partial charge in [-0.2, -0.15) is 0 Å². The van der Waals surface area contributed by atoms with E-state index in [-0.39, 0.29) is 31.1 Å². The molecule has 0 amide bonds. The lowest BCUT2D eigenvalue weighted by atomic mass is 10.2. The molecule has 0 aliphatic carbocycles. The molecule has 0 fully saturated rings. The Kier molecular flexibility index (Phi) is 6.36. The number of nitrogens with one attached hydrogen (secondary N) is 1. The molecule has 0 radical (unpaired) electrons. The van der Waals surface area contributed by atoms with Crippen molar-refractivity contribution in [3.05, 3.63) is 38.4 Å². The Labute approximate surface area is 131 Å². The summed E-state index contributed by atoms with van der Waals surface area (Å²) in [5, 5.41) is 32.9. The maximum Gasteiger partial charge on any atom is 0.299 e. The first kappa shape index (κ1) is 18.7. The van der Waals surface area contributed by atoms with Crippen molar-refractivity contribution in [2.24, 2.45) is 0 Å². The minimum absolute atomic E-state index is 0.0133. The Morgan fingerprint density at radius 3 is 2.43 bits per heavy atom. The van der Waals surface area contributed by atoms with E-state index < -0.39 is 31.2 Å². The van der Waals surface area contributed by atoms with E-state index >= 15 is 0 Å². The monoisotopic (exact) mass is 348 g/mol. The molecule has 0 atom stereocenters. The van der Waals surface area contributed by atoms with Gasteiger partial charge in [-0.1, -0.05) is 0 Å². The van der Waals surface area contributed by atoms with E-state index in [0.717, 1.165) is 22.5 Å². The quantitative estimate of drug-likeness (QED) is 0.472. The highest BCUT2D eigenvalue weighted by molar-refractivity contribution is 7.89. The van der Waals surface area contributed by atoms with Gasteiger partial charge in [0.25, 0.3) is 11.4 Å². The molecule has 0 saturated carbocycles. The fourth-order valence-electron chi connectivity index (χ4n) is 1.68. The summed E-state index contributed by atoms with van der Waals surface area (Å²) in [6, 6.07) is 3.04. The Bertz CT molecular complexity index is 692. The van der Waals surface area contributed by atoms with E-state index in [4.69, 9.17) is 5.11 Å². The minimum Gasteiger partial charge on any atom is -0.395 e. The number of aliphatic hydroxyl groups is 1. The van der Waals surface area contributed by atoms with Crippen LogP contribution in [-0.4, -0.2) is 60.2 Å². The van der Waals surface area contributed by atoms with Crippen molar-refractivity contribution in [3.8, 4) is 0 Å². The molecule has 11 nitrogen and oxygen atoms in total. The lowest BCUT2D eigenvalue weighted by molar-refractivity contribution is -0.393. The predicted molar refractivity (Wildman–Crippen MR) is 81.7 cm³/mol. The molecule has 0 heterocycles. The van der Waals surface area contributed by atoms with Crippen LogP contribution in [0.5, 0.6) is 0 Å². The minimum atomic E-state index is -3.61. The van der Waals surface area contributed by atoms with Crippen LogP contribution >= 0.6 is 0 Å². The molecular weight excluding hydrogens is 332 g/mol. The van der Waals surface area contributed by atoms with Crippen molar-refractivity contribution in [3.63, 3.8) is 0 Å². The second-order valence-electron chi connectivity index (χ2n) is 4.50. The van der Waals surface area contributed by atoms with Gasteiger partial charge in [0.05, 0.1) is 28.3 Å². The fraction of sp³-hybridized carbons (Fsp3) is 0.455. The molecule has 0 aliphatic heterocycles. The first-order valence-electron chi connectivity index (χ1n) is 6.40. The normalized spacial score (nSPS) is 11.4. The molecule has 128 valence electrons. The molecule has 0 saturated heterocycles. The summed E-state index contributed by atoms with van der Waals surface area (Å²) in [6.45, 7) is -0.506. The number of hydrogen-bond acceptors (Lipinski definition) is 8. The van der Waals surface area contributed by atoms with Crippen LogP contribution in [0.1, 0.15) is 0 Å². The van der Waals surface area contributed by atoms with Crippen molar-refractivity contribution < 1.29 is 23.4 Å². The third kappa shape index (κ3) is 5.12. The van der Waals surface area contributed by atoms with Gasteiger partial charge in [-0.05, 0) is 6.07 Å². The largest absolute Gasteiger partial charge is 0.395 e. The van der Waals surface area contributed by atoms with E-state index in [1.165, 1.54) is 7.05 Å². The number of nitro benzene ring substituents is 2. The van der Waals surface area contributed by atoms with E-state index in [1.54, 1.807) is 0 Å². The number of nitro groups is 2. The third-order valence-corrected chi connectivity index (χ3v) is 4.81. The van der Waals surface area contributed by atoms with Gasteiger partial charge in [0, 0.05) is 26.2 Å². The van der Waals surface area contributed by atoms with Crippen LogP contribution in [0.15, 0.2) is 18.2 Å². The number of nitrogens with zero attached hydrogens (tertiary/aromatic N) is 3. The highest BCUT2D eigenvalue weighted by Gasteiger charge is 2.21. The molecule has 0 bridgehead atoms. The molecule has 0 aliphatic rings. The van der Waals surface area contributed by atoms with Gasteiger partial charge < -0.3 is 10.4 Å². The van der Waals surface area contributed by atoms with Gasteiger partial charge in [0.15, 0.2) is 0 Å². The van der Waals surface area contributed by atoms with E-state index in [2.05, 4.69) is 5.32 Å². The molecule has 12 heteroatoms. The molecule has 0 aromatic heterocycles. The Balaban J connectivity index is 2.82. The van der Waals surface area contributed by atoms with Crippen molar-refractivity contribution in [1.82, 2.24) is 4.31 Å². The zero-order chi connectivity index (χ0) is 17.6. The van der Waals surface area contributed by atoms with Crippen LogP contribution in [0.3, 0.4) is 0 Å². The number of likely N-dealkylation sites (N-methyl/N-ethyl adjacent to an activating group) is 1. The zero-order valence-electron chi connectivity index (χ0n) is 12.2. The number of anilines is 1. The number of sulfonamides is 1. The van der Waals surface area contributed by atoms with Crippen LogP contribution in [0.2, 0.25) is 0 Å². The van der Waals surface area contributed by atoms with Crippen LogP contribution in [0.25, 0.3) is 0 Å². The topological polar surface area (TPSA) is 156 Å². The molecule has 2 N–H and O–H groups in total. The SMILES string of the molecule is CN(CCO)S(=O)(=O)CCNc1ccc([N+](=O)[O-])cc1[N+](=O)[O-]. The van der Waals surface area contributed by atoms with E-state index in [0.29, 0.717) is 0 Å². The summed E-state index contributed by atoms with van der Waals surface area (Å²) >= 11 is 0. The van der Waals surface area contributed by atoms with Crippen molar-refractivity contribution in [2.45, 2.75) is 0 Å². The number of rotatable bonds is 9. The molecular formula is C11H16N4O7S. The maximum absolute atomic E-state index is 11.8. The average Bonchev–Trinajstić information content (AvgIpc) is 2.47. The highest BCUT2D eigenvalue weighted by atomic mass is 32.2.